The van der Waals surface area contributed by atoms with Gasteiger partial charge in [0, 0.05) is 25.0 Å². The average Bonchev–Trinajstić information content (AvgIpc) is 3.20. The van der Waals surface area contributed by atoms with Gasteiger partial charge in [-0.1, -0.05) is 38.3 Å². The van der Waals surface area contributed by atoms with Crippen molar-refractivity contribution in [3.05, 3.63) is 24.3 Å². The molecule has 1 saturated heterocycles. The summed E-state index contributed by atoms with van der Waals surface area (Å²) < 4.78 is 5.29. The molecule has 0 radical (unpaired) electrons. The second kappa shape index (κ2) is 8.64. The predicted octanol–water partition coefficient (Wildman–Crippen LogP) is 4.02. The fourth-order valence-corrected chi connectivity index (χ4v) is 5.85. The first-order valence-corrected chi connectivity index (χ1v) is 11.1. The zero-order valence-electron chi connectivity index (χ0n) is 17.5. The maximum absolute atomic E-state index is 12.8. The number of carbonyl (C=O) groups excluding carboxylic acids is 2. The minimum absolute atomic E-state index is 0.224. The topological polar surface area (TPSA) is 70.7 Å². The molecule has 158 valence electrons. The molecule has 6 nitrogen and oxygen atoms in total. The monoisotopic (exact) mass is 399 g/mol. The second-order valence-electron chi connectivity index (χ2n) is 8.94. The molecule has 0 spiro atoms. The standard InChI is InChI=1S/C23H33N3O3/c1-15-12-20-17(13-22(27)26(20)16-8-4-3-5-9-16)18(15)14-24-23(28)25-19-10-6-7-11-21(19)29-2/h6-7,10-11,15-18,20H,3-5,8-9,12-14H2,1-2H3,(H2,24,25,28)/t15-,17-,18+,20+/m0/s1. The molecule has 29 heavy (non-hydrogen) atoms. The molecule has 1 aromatic carbocycles. The fourth-order valence-electron chi connectivity index (χ4n) is 5.85. The summed E-state index contributed by atoms with van der Waals surface area (Å²) in [7, 11) is 1.59. The molecule has 0 bridgehead atoms. The molecular weight excluding hydrogens is 366 g/mol. The summed E-state index contributed by atoms with van der Waals surface area (Å²) in [5.74, 6) is 2.20. The van der Waals surface area contributed by atoms with Crippen LogP contribution in [0.5, 0.6) is 5.75 Å². The first-order valence-electron chi connectivity index (χ1n) is 11.1. The number of anilines is 1. The molecule has 3 amide bonds. The maximum atomic E-state index is 12.8. The van der Waals surface area contributed by atoms with E-state index in [2.05, 4.69) is 22.5 Å². The lowest BCUT2D eigenvalue weighted by Crippen LogP contribution is -2.43. The Morgan fingerprint density at radius 2 is 1.97 bits per heavy atom. The Labute approximate surface area is 173 Å². The number of nitrogens with one attached hydrogen (secondary N) is 2. The number of ether oxygens (including phenoxy) is 1. The highest BCUT2D eigenvalue weighted by molar-refractivity contribution is 5.90. The van der Waals surface area contributed by atoms with Gasteiger partial charge in [-0.25, -0.2) is 4.79 Å². The molecule has 1 aliphatic heterocycles. The Hall–Kier alpha value is -2.24. The van der Waals surface area contributed by atoms with Gasteiger partial charge in [0.15, 0.2) is 0 Å². The molecule has 4 atom stereocenters. The summed E-state index contributed by atoms with van der Waals surface area (Å²) in [6.07, 6.45) is 7.82. The van der Waals surface area contributed by atoms with Crippen molar-refractivity contribution in [2.24, 2.45) is 17.8 Å². The minimum atomic E-state index is -0.224. The lowest BCUT2D eigenvalue weighted by molar-refractivity contribution is -0.132. The largest absolute Gasteiger partial charge is 0.495 e. The molecule has 2 saturated carbocycles. The number of para-hydroxylation sites is 2. The number of likely N-dealkylation sites (tertiary alicyclic amines) is 1. The second-order valence-corrected chi connectivity index (χ2v) is 8.94. The van der Waals surface area contributed by atoms with Gasteiger partial charge in [0.2, 0.25) is 5.91 Å². The van der Waals surface area contributed by atoms with E-state index in [-0.39, 0.29) is 6.03 Å². The molecule has 0 unspecified atom stereocenters. The van der Waals surface area contributed by atoms with Crippen molar-refractivity contribution in [2.45, 2.75) is 64.0 Å². The molecule has 2 N–H and O–H groups in total. The van der Waals surface area contributed by atoms with E-state index in [0.29, 0.717) is 60.1 Å². The van der Waals surface area contributed by atoms with E-state index in [0.717, 1.165) is 19.3 Å². The normalized spacial score (nSPS) is 29.6. The van der Waals surface area contributed by atoms with E-state index in [9.17, 15) is 9.59 Å². The smallest absolute Gasteiger partial charge is 0.319 e. The van der Waals surface area contributed by atoms with Gasteiger partial charge in [-0.2, -0.15) is 0 Å². The van der Waals surface area contributed by atoms with E-state index in [1.54, 1.807) is 7.11 Å². The van der Waals surface area contributed by atoms with Gasteiger partial charge in [0.1, 0.15) is 5.75 Å². The van der Waals surface area contributed by atoms with Crippen LogP contribution in [0, 0.1) is 17.8 Å². The molecule has 3 aliphatic rings. The van der Waals surface area contributed by atoms with E-state index >= 15 is 0 Å². The van der Waals surface area contributed by atoms with Gasteiger partial charge in [0.25, 0.3) is 0 Å². The molecule has 0 aromatic heterocycles. The minimum Gasteiger partial charge on any atom is -0.495 e. The average molecular weight is 400 g/mol. The number of fused-ring (bicyclic) bond motifs is 1. The van der Waals surface area contributed by atoms with E-state index in [1.807, 2.05) is 24.3 Å². The van der Waals surface area contributed by atoms with Crippen LogP contribution in [0.4, 0.5) is 10.5 Å². The molecule has 6 heteroatoms. The number of hydrogen-bond donors (Lipinski definition) is 2. The summed E-state index contributed by atoms with van der Waals surface area (Å²) in [6, 6.07) is 7.97. The first-order chi connectivity index (χ1) is 14.1. The van der Waals surface area contributed by atoms with Crippen molar-refractivity contribution >= 4 is 17.6 Å². The summed E-state index contributed by atoms with van der Waals surface area (Å²) in [5, 5.41) is 5.92. The number of hydrogen-bond acceptors (Lipinski definition) is 3. The number of carbonyl (C=O) groups is 2. The molecule has 4 rings (SSSR count). The lowest BCUT2D eigenvalue weighted by Gasteiger charge is -2.35. The van der Waals surface area contributed by atoms with Crippen LogP contribution < -0.4 is 15.4 Å². The first kappa shape index (κ1) is 20.0. The van der Waals surface area contributed by atoms with Crippen molar-refractivity contribution < 1.29 is 14.3 Å². The van der Waals surface area contributed by atoms with E-state index in [1.165, 1.54) is 19.3 Å². The third-order valence-electron chi connectivity index (χ3n) is 7.27. The van der Waals surface area contributed by atoms with Crippen molar-refractivity contribution in [2.75, 3.05) is 19.0 Å². The Kier molecular flexibility index (Phi) is 5.97. The van der Waals surface area contributed by atoms with Crippen LogP contribution in [0.1, 0.15) is 51.9 Å². The zero-order valence-corrected chi connectivity index (χ0v) is 17.5. The van der Waals surface area contributed by atoms with Crippen molar-refractivity contribution in [1.29, 1.82) is 0 Å². The summed E-state index contributed by atoms with van der Waals surface area (Å²) in [4.78, 5) is 27.5. The Morgan fingerprint density at radius 1 is 1.21 bits per heavy atom. The van der Waals surface area contributed by atoms with Crippen LogP contribution in [0.2, 0.25) is 0 Å². The van der Waals surface area contributed by atoms with Crippen LogP contribution in [0.3, 0.4) is 0 Å². The van der Waals surface area contributed by atoms with Gasteiger partial charge >= 0.3 is 6.03 Å². The molecule has 1 heterocycles. The van der Waals surface area contributed by atoms with Crippen LogP contribution in [-0.4, -0.2) is 42.6 Å². The van der Waals surface area contributed by atoms with Crippen LogP contribution in [0.15, 0.2) is 24.3 Å². The molecule has 3 fully saturated rings. The van der Waals surface area contributed by atoms with E-state index in [4.69, 9.17) is 4.74 Å². The van der Waals surface area contributed by atoms with Gasteiger partial charge in [-0.15, -0.1) is 0 Å². The number of amides is 3. The Bertz CT molecular complexity index is 747. The summed E-state index contributed by atoms with van der Waals surface area (Å²) >= 11 is 0. The lowest BCUT2D eigenvalue weighted by atomic mass is 9.88. The summed E-state index contributed by atoms with van der Waals surface area (Å²) in [6.45, 7) is 2.88. The molecule has 1 aromatic rings. The van der Waals surface area contributed by atoms with Crippen LogP contribution in [0.25, 0.3) is 0 Å². The Morgan fingerprint density at radius 3 is 2.72 bits per heavy atom. The van der Waals surface area contributed by atoms with Crippen molar-refractivity contribution in [3.63, 3.8) is 0 Å². The van der Waals surface area contributed by atoms with Gasteiger partial charge < -0.3 is 20.3 Å². The van der Waals surface area contributed by atoms with Crippen LogP contribution in [-0.2, 0) is 4.79 Å². The highest BCUT2D eigenvalue weighted by Crippen LogP contribution is 2.47. The van der Waals surface area contributed by atoms with Gasteiger partial charge in [0.05, 0.1) is 12.8 Å². The van der Waals surface area contributed by atoms with Crippen molar-refractivity contribution in [3.8, 4) is 5.75 Å². The number of rotatable bonds is 5. The quantitative estimate of drug-likeness (QED) is 0.785. The Balaban J connectivity index is 1.36. The third kappa shape index (κ3) is 4.07. The van der Waals surface area contributed by atoms with Gasteiger partial charge in [-0.05, 0) is 49.1 Å². The predicted molar refractivity (Wildman–Crippen MR) is 113 cm³/mol. The SMILES string of the molecule is COc1ccccc1NC(=O)NC[C@H]1[C@@H]2CC(=O)N(C3CCCCC3)[C@@H]2C[C@@H]1C. The number of methoxy groups -OCH3 is 1. The maximum Gasteiger partial charge on any atom is 0.319 e. The van der Waals surface area contributed by atoms with E-state index < -0.39 is 0 Å². The number of nitrogens with zero attached hydrogens (tertiary/aromatic N) is 1. The van der Waals surface area contributed by atoms with Crippen LogP contribution >= 0.6 is 0 Å². The molecular formula is C23H33N3O3. The zero-order chi connectivity index (χ0) is 20.4. The van der Waals surface area contributed by atoms with Gasteiger partial charge in [-0.3, -0.25) is 4.79 Å². The fraction of sp³-hybridized carbons (Fsp3) is 0.652. The highest BCUT2D eigenvalue weighted by Gasteiger charge is 2.52. The highest BCUT2D eigenvalue weighted by atomic mass is 16.5. The molecule has 2 aliphatic carbocycles. The van der Waals surface area contributed by atoms with Crippen molar-refractivity contribution in [1.82, 2.24) is 10.2 Å². The third-order valence-corrected chi connectivity index (χ3v) is 7.27. The number of benzene rings is 1. The number of urea groups is 1. The summed E-state index contributed by atoms with van der Waals surface area (Å²) in [5.41, 5.74) is 0.657.